The van der Waals surface area contributed by atoms with Crippen molar-refractivity contribution in [2.24, 2.45) is 0 Å². The van der Waals surface area contributed by atoms with Gasteiger partial charge in [0.05, 0.1) is 41.3 Å². The van der Waals surface area contributed by atoms with E-state index in [-0.39, 0.29) is 22.8 Å². The molecule has 0 saturated carbocycles. The minimum Gasteiger partial charge on any atom is -0.462 e. The molecule has 0 bridgehead atoms. The Hall–Kier alpha value is -2.95. The number of hydrogen-bond donors (Lipinski definition) is 1. The third-order valence-corrected chi connectivity index (χ3v) is 7.05. The summed E-state index contributed by atoms with van der Waals surface area (Å²) in [7, 11) is -3.61. The molecule has 0 atom stereocenters. The predicted molar refractivity (Wildman–Crippen MR) is 113 cm³/mol. The second-order valence-corrected chi connectivity index (χ2v) is 9.07. The topological polar surface area (TPSA) is 111 Å². The van der Waals surface area contributed by atoms with E-state index in [9.17, 15) is 18.0 Å². The van der Waals surface area contributed by atoms with E-state index in [1.165, 1.54) is 28.6 Å². The summed E-state index contributed by atoms with van der Waals surface area (Å²) in [5, 5.41) is 0. The lowest BCUT2D eigenvalue weighted by Gasteiger charge is -2.26. The molecule has 0 amide bonds. The summed E-state index contributed by atoms with van der Waals surface area (Å²) in [6, 6.07) is 13.1. The van der Waals surface area contributed by atoms with Gasteiger partial charge in [0.2, 0.25) is 10.0 Å². The van der Waals surface area contributed by atoms with Crippen molar-refractivity contribution in [3.05, 3.63) is 64.6 Å². The molecule has 1 saturated heterocycles. The first kappa shape index (κ1) is 21.3. The molecule has 4 rings (SSSR count). The molecule has 1 aliphatic rings. The summed E-state index contributed by atoms with van der Waals surface area (Å²) in [5.41, 5.74) is 1.63. The van der Waals surface area contributed by atoms with Crippen LogP contribution in [0.5, 0.6) is 0 Å². The van der Waals surface area contributed by atoms with E-state index in [1.807, 2.05) is 24.3 Å². The normalized spacial score (nSPS) is 15.2. The highest BCUT2D eigenvalue weighted by molar-refractivity contribution is 7.89. The molecule has 1 aliphatic heterocycles. The number of aromatic amines is 1. The maximum absolute atomic E-state index is 12.6. The van der Waals surface area contributed by atoms with Crippen LogP contribution in [0.2, 0.25) is 0 Å². The van der Waals surface area contributed by atoms with Gasteiger partial charge in [-0.2, -0.15) is 4.31 Å². The lowest BCUT2D eigenvalue weighted by molar-refractivity contribution is 0.0496. The Morgan fingerprint density at radius 2 is 1.77 bits per heavy atom. The third kappa shape index (κ3) is 4.55. The molecule has 164 valence electrons. The average molecular weight is 445 g/mol. The number of ether oxygens (including phenoxy) is 2. The number of morpholine rings is 1. The molecule has 0 spiro atoms. The molecule has 10 heteroatoms. The molecular weight excluding hydrogens is 422 g/mol. The fourth-order valence-electron chi connectivity index (χ4n) is 3.50. The van der Waals surface area contributed by atoms with Crippen LogP contribution in [0.3, 0.4) is 0 Å². The summed E-state index contributed by atoms with van der Waals surface area (Å²) in [5.74, 6) is -0.540. The van der Waals surface area contributed by atoms with Crippen LogP contribution >= 0.6 is 0 Å². The minimum absolute atomic E-state index is 0.129. The molecule has 1 N–H and O–H groups in total. The Kier molecular flexibility index (Phi) is 6.21. The number of aryl methyl sites for hydroxylation is 1. The maximum atomic E-state index is 12.6. The van der Waals surface area contributed by atoms with Crippen molar-refractivity contribution >= 4 is 27.0 Å². The van der Waals surface area contributed by atoms with Gasteiger partial charge in [-0.15, -0.1) is 0 Å². The number of hydrogen-bond acceptors (Lipinski definition) is 6. The number of carbonyl (C=O) groups excluding carboxylic acids is 1. The second-order valence-electron chi connectivity index (χ2n) is 7.13. The van der Waals surface area contributed by atoms with Gasteiger partial charge in [-0.3, -0.25) is 4.57 Å². The fraction of sp³-hybridized carbons (Fsp3) is 0.333. The largest absolute Gasteiger partial charge is 0.462 e. The number of nitrogens with one attached hydrogen (secondary N) is 1. The van der Waals surface area contributed by atoms with E-state index < -0.39 is 16.0 Å². The van der Waals surface area contributed by atoms with Gasteiger partial charge in [-0.05, 0) is 42.8 Å². The van der Waals surface area contributed by atoms with Gasteiger partial charge in [0.25, 0.3) is 0 Å². The Morgan fingerprint density at radius 3 is 2.52 bits per heavy atom. The molecule has 9 nitrogen and oxygen atoms in total. The van der Waals surface area contributed by atoms with Gasteiger partial charge in [-0.1, -0.05) is 12.1 Å². The Labute approximate surface area is 179 Å². The number of aromatic nitrogens is 2. The van der Waals surface area contributed by atoms with Crippen LogP contribution < -0.4 is 5.69 Å². The first-order valence-corrected chi connectivity index (χ1v) is 11.4. The van der Waals surface area contributed by atoms with Crippen molar-refractivity contribution in [2.45, 2.75) is 17.9 Å². The molecule has 1 aromatic heterocycles. The van der Waals surface area contributed by atoms with Crippen molar-refractivity contribution in [1.29, 1.82) is 0 Å². The first-order valence-electron chi connectivity index (χ1n) is 9.99. The third-order valence-electron chi connectivity index (χ3n) is 5.14. The van der Waals surface area contributed by atoms with E-state index in [0.29, 0.717) is 39.3 Å². The van der Waals surface area contributed by atoms with Crippen LogP contribution in [-0.2, 0) is 26.0 Å². The predicted octanol–water partition coefficient (Wildman–Crippen LogP) is 1.60. The number of fused-ring (bicyclic) bond motifs is 1. The van der Waals surface area contributed by atoms with Crippen LogP contribution in [-0.4, -0.2) is 61.2 Å². The second kappa shape index (κ2) is 9.04. The maximum Gasteiger partial charge on any atom is 0.338 e. The van der Waals surface area contributed by atoms with Crippen molar-refractivity contribution in [1.82, 2.24) is 13.9 Å². The highest BCUT2D eigenvalue weighted by atomic mass is 32.2. The average Bonchev–Trinajstić information content (AvgIpc) is 3.12. The van der Waals surface area contributed by atoms with Crippen LogP contribution in [0, 0.1) is 0 Å². The first-order chi connectivity index (χ1) is 15.0. The van der Waals surface area contributed by atoms with Crippen LogP contribution in [0.1, 0.15) is 16.8 Å². The highest BCUT2D eigenvalue weighted by Crippen LogP contribution is 2.18. The Bertz CT molecular complexity index is 1220. The zero-order chi connectivity index (χ0) is 21.8. The minimum atomic E-state index is -3.61. The number of benzene rings is 2. The van der Waals surface area contributed by atoms with Gasteiger partial charge < -0.3 is 14.5 Å². The smallest absolute Gasteiger partial charge is 0.338 e. The molecule has 0 radical (unpaired) electrons. The van der Waals surface area contributed by atoms with Crippen molar-refractivity contribution in [3.8, 4) is 0 Å². The summed E-state index contributed by atoms with van der Waals surface area (Å²) < 4.78 is 38.7. The van der Waals surface area contributed by atoms with Crippen LogP contribution in [0.25, 0.3) is 11.0 Å². The molecule has 3 aromatic rings. The van der Waals surface area contributed by atoms with E-state index in [2.05, 4.69) is 4.98 Å². The van der Waals surface area contributed by atoms with E-state index in [0.717, 1.165) is 11.0 Å². The van der Waals surface area contributed by atoms with Gasteiger partial charge in [0.1, 0.15) is 0 Å². The molecule has 2 heterocycles. The number of rotatable bonds is 7. The van der Waals surface area contributed by atoms with E-state index in [1.54, 1.807) is 4.57 Å². The summed E-state index contributed by atoms with van der Waals surface area (Å²) >= 11 is 0. The van der Waals surface area contributed by atoms with E-state index >= 15 is 0 Å². The molecular formula is C21H23N3O6S. The fourth-order valence-corrected chi connectivity index (χ4v) is 4.91. The lowest BCUT2D eigenvalue weighted by Crippen LogP contribution is -2.40. The van der Waals surface area contributed by atoms with Crippen molar-refractivity contribution in [3.63, 3.8) is 0 Å². The number of H-pyrrole nitrogens is 1. The Morgan fingerprint density at radius 1 is 1.06 bits per heavy atom. The SMILES string of the molecule is O=C(OCCCn1c(=O)[nH]c2ccccc21)c1ccc(S(=O)(=O)N2CCOCC2)cc1. The van der Waals surface area contributed by atoms with Crippen molar-refractivity contribution in [2.75, 3.05) is 32.9 Å². The number of imidazole rings is 1. The number of carbonyl (C=O) groups is 1. The number of sulfonamides is 1. The number of esters is 1. The van der Waals surface area contributed by atoms with E-state index in [4.69, 9.17) is 9.47 Å². The van der Waals surface area contributed by atoms with Gasteiger partial charge >= 0.3 is 11.7 Å². The summed E-state index contributed by atoms with van der Waals surface area (Å²) in [6.07, 6.45) is 0.469. The summed E-state index contributed by atoms with van der Waals surface area (Å²) in [4.78, 5) is 27.2. The zero-order valence-electron chi connectivity index (χ0n) is 16.8. The molecule has 31 heavy (non-hydrogen) atoms. The molecule has 0 aliphatic carbocycles. The lowest BCUT2D eigenvalue weighted by atomic mass is 10.2. The summed E-state index contributed by atoms with van der Waals surface area (Å²) in [6.45, 7) is 1.91. The van der Waals surface area contributed by atoms with Crippen LogP contribution in [0.4, 0.5) is 0 Å². The quantitative estimate of drug-likeness (QED) is 0.437. The standard InChI is InChI=1S/C21H23N3O6S/c25-20(30-13-3-10-24-19-5-2-1-4-18(19)22-21(24)26)16-6-8-17(9-7-16)31(27,28)23-11-14-29-15-12-23/h1-2,4-9H,3,10-15H2,(H,22,26). The molecule has 2 aromatic carbocycles. The zero-order valence-corrected chi connectivity index (χ0v) is 17.6. The number of para-hydroxylation sites is 2. The molecule has 1 fully saturated rings. The monoisotopic (exact) mass is 445 g/mol. The Balaban J connectivity index is 1.33. The van der Waals surface area contributed by atoms with Gasteiger partial charge in [-0.25, -0.2) is 18.0 Å². The highest BCUT2D eigenvalue weighted by Gasteiger charge is 2.26. The molecule has 0 unspecified atom stereocenters. The number of nitrogens with zero attached hydrogens (tertiary/aromatic N) is 2. The van der Waals surface area contributed by atoms with Gasteiger partial charge in [0, 0.05) is 19.6 Å². The van der Waals surface area contributed by atoms with Crippen molar-refractivity contribution < 1.29 is 22.7 Å². The van der Waals surface area contributed by atoms with Crippen LogP contribution in [0.15, 0.2) is 58.2 Å². The van der Waals surface area contributed by atoms with Gasteiger partial charge in [0.15, 0.2) is 0 Å².